The molecule has 6 heteroatoms. The lowest BCUT2D eigenvalue weighted by molar-refractivity contribution is -0.143. The molecule has 0 amide bonds. The van der Waals surface area contributed by atoms with Crippen molar-refractivity contribution in [3.63, 3.8) is 0 Å². The number of anilines is 1. The van der Waals surface area contributed by atoms with E-state index in [1.807, 2.05) is 0 Å². The summed E-state index contributed by atoms with van der Waals surface area (Å²) in [7, 11) is 0. The Balaban J connectivity index is 2.42. The van der Waals surface area contributed by atoms with Gasteiger partial charge in [0.25, 0.3) is 0 Å². The highest BCUT2D eigenvalue weighted by atomic mass is 35.5. The van der Waals surface area contributed by atoms with Gasteiger partial charge in [0.1, 0.15) is 6.61 Å². The first-order valence-corrected chi connectivity index (χ1v) is 8.99. The number of aryl methyl sites for hydroxylation is 1. The van der Waals surface area contributed by atoms with Crippen LogP contribution in [-0.4, -0.2) is 43.3 Å². The first-order valence-electron chi connectivity index (χ1n) is 7.38. The molecule has 1 rings (SSSR count). The van der Waals surface area contributed by atoms with Crippen LogP contribution in [0.3, 0.4) is 0 Å². The molecule has 0 aromatic heterocycles. The summed E-state index contributed by atoms with van der Waals surface area (Å²) in [6.45, 7) is 1.84. The Kier molecular flexibility index (Phi) is 10.5. The molecular weight excluding hydrogens is 345 g/mol. The number of hydrogen-bond donors (Lipinski definition) is 0. The van der Waals surface area contributed by atoms with Gasteiger partial charge in [-0.25, -0.2) is 0 Å². The first kappa shape index (κ1) is 19.4. The summed E-state index contributed by atoms with van der Waals surface area (Å²) in [6.07, 6.45) is 2.04. The van der Waals surface area contributed by atoms with E-state index in [2.05, 4.69) is 29.2 Å². The van der Waals surface area contributed by atoms with Crippen LogP contribution in [0.25, 0.3) is 0 Å². The van der Waals surface area contributed by atoms with E-state index in [1.54, 1.807) is 0 Å². The van der Waals surface area contributed by atoms with Gasteiger partial charge in [-0.15, -0.1) is 34.8 Å². The lowest BCUT2D eigenvalue weighted by Gasteiger charge is -2.23. The van der Waals surface area contributed by atoms with Crippen LogP contribution in [0.5, 0.6) is 0 Å². The van der Waals surface area contributed by atoms with Gasteiger partial charge in [-0.05, 0) is 30.5 Å². The van der Waals surface area contributed by atoms with E-state index in [1.165, 1.54) is 5.56 Å². The maximum Gasteiger partial charge on any atom is 0.305 e. The number of esters is 1. The van der Waals surface area contributed by atoms with E-state index in [-0.39, 0.29) is 12.6 Å². The van der Waals surface area contributed by atoms with Crippen molar-refractivity contribution in [2.45, 2.75) is 19.3 Å². The molecule has 0 saturated carbocycles. The number of hydrogen-bond acceptors (Lipinski definition) is 3. The number of carbonyl (C=O) groups is 1. The SMILES string of the molecule is O=C(CCCc1ccc(N(CCCl)CCCl)cc1)OCCCl. The van der Waals surface area contributed by atoms with E-state index in [4.69, 9.17) is 39.5 Å². The van der Waals surface area contributed by atoms with Gasteiger partial charge in [-0.3, -0.25) is 4.79 Å². The fraction of sp³-hybridized carbons (Fsp3) is 0.562. The maximum atomic E-state index is 11.4. The molecule has 3 nitrogen and oxygen atoms in total. The molecule has 1 aromatic rings. The third kappa shape index (κ3) is 7.57. The highest BCUT2D eigenvalue weighted by molar-refractivity contribution is 6.18. The minimum atomic E-state index is -0.187. The Morgan fingerprint density at radius 3 is 2.18 bits per heavy atom. The molecule has 0 N–H and O–H groups in total. The Hall–Kier alpha value is -0.640. The minimum Gasteiger partial charge on any atom is -0.464 e. The van der Waals surface area contributed by atoms with Crippen LogP contribution in [0.4, 0.5) is 5.69 Å². The molecule has 0 bridgehead atoms. The van der Waals surface area contributed by atoms with E-state index < -0.39 is 0 Å². The van der Waals surface area contributed by atoms with Crippen LogP contribution >= 0.6 is 34.8 Å². The maximum absolute atomic E-state index is 11.4. The van der Waals surface area contributed by atoms with Crippen LogP contribution < -0.4 is 4.90 Å². The minimum absolute atomic E-state index is 0.187. The topological polar surface area (TPSA) is 29.5 Å². The molecular formula is C16H22Cl3NO2. The number of carbonyl (C=O) groups excluding carboxylic acids is 1. The molecule has 124 valence electrons. The summed E-state index contributed by atoms with van der Waals surface area (Å²) < 4.78 is 4.93. The van der Waals surface area contributed by atoms with E-state index in [9.17, 15) is 4.79 Å². The zero-order valence-electron chi connectivity index (χ0n) is 12.6. The van der Waals surface area contributed by atoms with Crippen molar-refractivity contribution in [3.05, 3.63) is 29.8 Å². The number of nitrogens with zero attached hydrogens (tertiary/aromatic N) is 1. The lowest BCUT2D eigenvalue weighted by atomic mass is 10.1. The van der Waals surface area contributed by atoms with Gasteiger partial charge in [-0.1, -0.05) is 12.1 Å². The van der Waals surface area contributed by atoms with Crippen LogP contribution in [0.1, 0.15) is 18.4 Å². The average Bonchev–Trinajstić information content (AvgIpc) is 2.53. The van der Waals surface area contributed by atoms with Gasteiger partial charge < -0.3 is 9.64 Å². The highest BCUT2D eigenvalue weighted by Gasteiger charge is 2.06. The van der Waals surface area contributed by atoms with Crippen molar-refractivity contribution >= 4 is 46.5 Å². The first-order chi connectivity index (χ1) is 10.7. The Bertz CT molecular complexity index is 420. The second-order valence-corrected chi connectivity index (χ2v) is 5.93. The molecule has 0 saturated heterocycles. The van der Waals surface area contributed by atoms with Gasteiger partial charge in [0.2, 0.25) is 0 Å². The van der Waals surface area contributed by atoms with Gasteiger partial charge in [-0.2, -0.15) is 0 Å². The van der Waals surface area contributed by atoms with E-state index in [0.29, 0.717) is 24.1 Å². The molecule has 1 aromatic carbocycles. The Morgan fingerprint density at radius 2 is 1.64 bits per heavy atom. The molecule has 0 aliphatic heterocycles. The van der Waals surface area contributed by atoms with E-state index in [0.717, 1.165) is 31.6 Å². The molecule has 0 aliphatic carbocycles. The van der Waals surface area contributed by atoms with Crippen LogP contribution in [0.2, 0.25) is 0 Å². The van der Waals surface area contributed by atoms with Crippen molar-refractivity contribution in [3.8, 4) is 0 Å². The lowest BCUT2D eigenvalue weighted by Crippen LogP contribution is -2.27. The number of rotatable bonds is 11. The van der Waals surface area contributed by atoms with Crippen LogP contribution in [0.15, 0.2) is 24.3 Å². The predicted octanol–water partition coefficient (Wildman–Crippen LogP) is 4.08. The number of halogens is 3. The number of alkyl halides is 3. The summed E-state index contributed by atoms with van der Waals surface area (Å²) in [4.78, 5) is 13.5. The molecule has 0 aliphatic rings. The summed E-state index contributed by atoms with van der Waals surface area (Å²) in [5.41, 5.74) is 2.32. The standard InChI is InChI=1S/C16H22Cl3NO2/c17-8-11-20(12-9-18)15-6-4-14(5-7-15)2-1-3-16(21)22-13-10-19/h4-7H,1-3,8-13H2. The predicted molar refractivity (Wildman–Crippen MR) is 94.7 cm³/mol. The third-order valence-corrected chi connectivity index (χ3v) is 3.69. The molecule has 22 heavy (non-hydrogen) atoms. The number of benzene rings is 1. The second-order valence-electron chi connectivity index (χ2n) is 4.79. The summed E-state index contributed by atoms with van der Waals surface area (Å²) in [5.74, 6) is 1.30. The quantitative estimate of drug-likeness (QED) is 0.436. The van der Waals surface area contributed by atoms with Crippen molar-refractivity contribution < 1.29 is 9.53 Å². The van der Waals surface area contributed by atoms with E-state index >= 15 is 0 Å². The largest absolute Gasteiger partial charge is 0.464 e. The average molecular weight is 367 g/mol. The van der Waals surface area contributed by atoms with Crippen molar-refractivity contribution in [2.75, 3.05) is 42.2 Å². The smallest absolute Gasteiger partial charge is 0.305 e. The summed E-state index contributed by atoms with van der Waals surface area (Å²) in [5, 5.41) is 0. The van der Waals surface area contributed by atoms with Crippen LogP contribution in [-0.2, 0) is 16.0 Å². The zero-order chi connectivity index (χ0) is 16.2. The zero-order valence-corrected chi connectivity index (χ0v) is 14.8. The monoisotopic (exact) mass is 365 g/mol. The fourth-order valence-electron chi connectivity index (χ4n) is 2.11. The fourth-order valence-corrected chi connectivity index (χ4v) is 2.59. The molecule has 0 radical (unpaired) electrons. The molecule has 0 unspecified atom stereocenters. The van der Waals surface area contributed by atoms with Crippen molar-refractivity contribution in [1.82, 2.24) is 0 Å². The third-order valence-electron chi connectivity index (χ3n) is 3.20. The highest BCUT2D eigenvalue weighted by Crippen LogP contribution is 2.17. The van der Waals surface area contributed by atoms with Gasteiger partial charge in [0.15, 0.2) is 0 Å². The normalized spacial score (nSPS) is 10.5. The van der Waals surface area contributed by atoms with Gasteiger partial charge >= 0.3 is 5.97 Å². The summed E-state index contributed by atoms with van der Waals surface area (Å²) in [6, 6.07) is 8.30. The number of ether oxygens (including phenoxy) is 1. The molecule has 0 atom stereocenters. The Labute approximate surface area is 147 Å². The van der Waals surface area contributed by atoms with Gasteiger partial charge in [0.05, 0.1) is 5.88 Å². The molecule has 0 heterocycles. The molecule has 0 fully saturated rings. The Morgan fingerprint density at radius 1 is 1.00 bits per heavy atom. The second kappa shape index (κ2) is 11.9. The van der Waals surface area contributed by atoms with Crippen LogP contribution in [0, 0.1) is 0 Å². The van der Waals surface area contributed by atoms with Crippen molar-refractivity contribution in [1.29, 1.82) is 0 Å². The molecule has 0 spiro atoms. The van der Waals surface area contributed by atoms with Crippen molar-refractivity contribution in [2.24, 2.45) is 0 Å². The summed E-state index contributed by atoms with van der Waals surface area (Å²) >= 11 is 17.1. The van der Waals surface area contributed by atoms with Gasteiger partial charge in [0, 0.05) is 37.0 Å².